The maximum atomic E-state index is 12.9. The number of hydrogen-bond donors (Lipinski definition) is 1. The molecule has 5 nitrogen and oxygen atoms in total. The van der Waals surface area contributed by atoms with Crippen LogP contribution in [-0.2, 0) is 16.1 Å². The van der Waals surface area contributed by atoms with Crippen molar-refractivity contribution in [1.29, 1.82) is 0 Å². The van der Waals surface area contributed by atoms with Crippen molar-refractivity contribution in [3.05, 3.63) is 64.4 Å². The number of benzene rings is 2. The molecule has 0 saturated carbocycles. The van der Waals surface area contributed by atoms with Gasteiger partial charge in [-0.05, 0) is 35.9 Å². The molecular weight excluding hydrogens is 337 g/mol. The van der Waals surface area contributed by atoms with E-state index in [-0.39, 0.29) is 17.1 Å². The van der Waals surface area contributed by atoms with Crippen molar-refractivity contribution in [2.45, 2.75) is 6.54 Å². The minimum atomic E-state index is -0.635. The van der Waals surface area contributed by atoms with Gasteiger partial charge in [-0.1, -0.05) is 23.7 Å². The fraction of sp³-hybridized carbons (Fsp3) is 0.176. The third-order valence-electron chi connectivity index (χ3n) is 3.13. The molecular formula is C17H15ClFNO4. The lowest BCUT2D eigenvalue weighted by molar-refractivity contribution is -0.124. The quantitative estimate of drug-likeness (QED) is 0.813. The van der Waals surface area contributed by atoms with Crippen LogP contribution < -0.4 is 10.1 Å². The first kappa shape index (κ1) is 17.7. The van der Waals surface area contributed by atoms with Gasteiger partial charge in [-0.25, -0.2) is 9.18 Å². The van der Waals surface area contributed by atoms with E-state index in [1.165, 1.54) is 25.3 Å². The van der Waals surface area contributed by atoms with Crippen LogP contribution in [0.15, 0.2) is 42.5 Å². The lowest BCUT2D eigenvalue weighted by Gasteiger charge is -2.08. The highest BCUT2D eigenvalue weighted by molar-refractivity contribution is 6.31. The Kier molecular flexibility index (Phi) is 6.14. The van der Waals surface area contributed by atoms with E-state index in [0.29, 0.717) is 11.3 Å². The summed E-state index contributed by atoms with van der Waals surface area (Å²) in [6, 6.07) is 10.3. The maximum Gasteiger partial charge on any atom is 0.338 e. The van der Waals surface area contributed by atoms with E-state index in [9.17, 15) is 14.0 Å². The molecule has 2 aromatic carbocycles. The zero-order valence-electron chi connectivity index (χ0n) is 12.8. The molecule has 0 saturated heterocycles. The average Bonchev–Trinajstić information content (AvgIpc) is 2.59. The molecule has 0 spiro atoms. The van der Waals surface area contributed by atoms with Crippen LogP contribution in [0.4, 0.5) is 4.39 Å². The molecule has 0 aliphatic carbocycles. The normalized spacial score (nSPS) is 10.1. The minimum Gasteiger partial charge on any atom is -0.497 e. The summed E-state index contributed by atoms with van der Waals surface area (Å²) in [5.41, 5.74) is 0.842. The Morgan fingerprint density at radius 2 is 2.00 bits per heavy atom. The molecule has 0 radical (unpaired) electrons. The van der Waals surface area contributed by atoms with Gasteiger partial charge >= 0.3 is 5.97 Å². The van der Waals surface area contributed by atoms with Crippen molar-refractivity contribution in [3.8, 4) is 5.75 Å². The van der Waals surface area contributed by atoms with E-state index >= 15 is 0 Å². The van der Waals surface area contributed by atoms with Crippen molar-refractivity contribution in [3.63, 3.8) is 0 Å². The summed E-state index contributed by atoms with van der Waals surface area (Å²) in [6.45, 7) is -0.330. The predicted molar refractivity (Wildman–Crippen MR) is 86.5 cm³/mol. The van der Waals surface area contributed by atoms with Crippen LogP contribution in [0.2, 0.25) is 5.02 Å². The zero-order valence-corrected chi connectivity index (χ0v) is 13.6. The van der Waals surface area contributed by atoms with Crippen LogP contribution in [0.1, 0.15) is 15.9 Å². The van der Waals surface area contributed by atoms with Crippen molar-refractivity contribution in [2.24, 2.45) is 0 Å². The van der Waals surface area contributed by atoms with Gasteiger partial charge < -0.3 is 14.8 Å². The molecule has 1 N–H and O–H groups in total. The third kappa shape index (κ3) is 4.96. The molecule has 0 aromatic heterocycles. The summed E-state index contributed by atoms with van der Waals surface area (Å²) in [5.74, 6) is -1.07. The Morgan fingerprint density at radius 1 is 1.21 bits per heavy atom. The molecule has 0 aliphatic heterocycles. The number of amides is 1. The average molecular weight is 352 g/mol. The van der Waals surface area contributed by atoms with Gasteiger partial charge in [0, 0.05) is 11.6 Å². The number of halogens is 2. The Morgan fingerprint density at radius 3 is 2.71 bits per heavy atom. The number of esters is 1. The van der Waals surface area contributed by atoms with Gasteiger partial charge in [0.15, 0.2) is 6.61 Å². The number of rotatable bonds is 6. The molecule has 24 heavy (non-hydrogen) atoms. The van der Waals surface area contributed by atoms with Crippen molar-refractivity contribution in [1.82, 2.24) is 5.32 Å². The summed E-state index contributed by atoms with van der Waals surface area (Å²) in [4.78, 5) is 23.6. The maximum absolute atomic E-state index is 12.9. The first-order chi connectivity index (χ1) is 11.5. The van der Waals surface area contributed by atoms with Crippen LogP contribution in [0.3, 0.4) is 0 Å². The summed E-state index contributed by atoms with van der Waals surface area (Å²) in [5, 5.41) is 2.75. The monoisotopic (exact) mass is 351 g/mol. The molecule has 0 bridgehead atoms. The number of methoxy groups -OCH3 is 1. The predicted octanol–water partition coefficient (Wildman–Crippen LogP) is 2.96. The van der Waals surface area contributed by atoms with Crippen LogP contribution in [0.25, 0.3) is 0 Å². The highest BCUT2D eigenvalue weighted by Crippen LogP contribution is 2.17. The summed E-state index contributed by atoms with van der Waals surface area (Å²) in [6.07, 6.45) is 0. The van der Waals surface area contributed by atoms with Gasteiger partial charge in [0.05, 0.1) is 12.7 Å². The third-order valence-corrected chi connectivity index (χ3v) is 3.48. The van der Waals surface area contributed by atoms with Crippen molar-refractivity contribution < 1.29 is 23.5 Å². The highest BCUT2D eigenvalue weighted by atomic mass is 35.5. The second-order valence-corrected chi connectivity index (χ2v) is 5.23. The summed E-state index contributed by atoms with van der Waals surface area (Å²) < 4.78 is 22.9. The Labute approximate surface area is 143 Å². The van der Waals surface area contributed by atoms with E-state index in [1.54, 1.807) is 18.2 Å². The molecule has 0 unspecified atom stereocenters. The largest absolute Gasteiger partial charge is 0.497 e. The van der Waals surface area contributed by atoms with Crippen LogP contribution in [0, 0.1) is 5.82 Å². The van der Waals surface area contributed by atoms with Gasteiger partial charge in [-0.15, -0.1) is 0 Å². The van der Waals surface area contributed by atoms with Crippen LogP contribution in [-0.4, -0.2) is 25.6 Å². The van der Waals surface area contributed by atoms with Gasteiger partial charge in [0.2, 0.25) is 0 Å². The molecule has 126 valence electrons. The van der Waals surface area contributed by atoms with E-state index in [2.05, 4.69) is 5.32 Å². The molecule has 0 heterocycles. The second kappa shape index (κ2) is 8.31. The SMILES string of the molecule is COc1cccc(C(=O)OCC(=O)NCc2ccc(F)cc2Cl)c1. The van der Waals surface area contributed by atoms with Gasteiger partial charge in [-0.2, -0.15) is 0 Å². The summed E-state index contributed by atoms with van der Waals surface area (Å²) in [7, 11) is 1.48. The van der Waals surface area contributed by atoms with Crippen LogP contribution in [0.5, 0.6) is 5.75 Å². The highest BCUT2D eigenvalue weighted by Gasteiger charge is 2.11. The second-order valence-electron chi connectivity index (χ2n) is 4.82. The number of hydrogen-bond acceptors (Lipinski definition) is 4. The molecule has 7 heteroatoms. The number of carbonyl (C=O) groups excluding carboxylic acids is 2. The van der Waals surface area contributed by atoms with Gasteiger partial charge in [0.25, 0.3) is 5.91 Å². The van der Waals surface area contributed by atoms with E-state index in [0.717, 1.165) is 6.07 Å². The molecule has 0 aliphatic rings. The van der Waals surface area contributed by atoms with Gasteiger partial charge in [0.1, 0.15) is 11.6 Å². The molecule has 2 rings (SSSR count). The number of ether oxygens (including phenoxy) is 2. The standard InChI is InChI=1S/C17H15ClFNO4/c1-23-14-4-2-3-11(7-14)17(22)24-10-16(21)20-9-12-5-6-13(19)8-15(12)18/h2-8H,9-10H2,1H3,(H,20,21). The Balaban J connectivity index is 1.83. The Hall–Kier alpha value is -2.60. The van der Waals surface area contributed by atoms with E-state index < -0.39 is 24.3 Å². The molecule has 0 atom stereocenters. The van der Waals surface area contributed by atoms with Crippen molar-refractivity contribution in [2.75, 3.05) is 13.7 Å². The van der Waals surface area contributed by atoms with E-state index in [1.807, 2.05) is 0 Å². The lowest BCUT2D eigenvalue weighted by Crippen LogP contribution is -2.28. The Bertz CT molecular complexity index is 751. The summed E-state index contributed by atoms with van der Waals surface area (Å²) >= 11 is 5.86. The topological polar surface area (TPSA) is 64.6 Å². The molecule has 1 amide bonds. The number of carbonyl (C=O) groups is 2. The lowest BCUT2D eigenvalue weighted by atomic mass is 10.2. The fourth-order valence-electron chi connectivity index (χ4n) is 1.87. The number of nitrogens with one attached hydrogen (secondary N) is 1. The van der Waals surface area contributed by atoms with E-state index in [4.69, 9.17) is 21.1 Å². The fourth-order valence-corrected chi connectivity index (χ4v) is 2.11. The molecule has 2 aromatic rings. The molecule has 0 fully saturated rings. The van der Waals surface area contributed by atoms with Gasteiger partial charge in [-0.3, -0.25) is 4.79 Å². The smallest absolute Gasteiger partial charge is 0.338 e. The minimum absolute atomic E-state index is 0.106. The zero-order chi connectivity index (χ0) is 17.5. The van der Waals surface area contributed by atoms with Crippen LogP contribution >= 0.6 is 11.6 Å². The van der Waals surface area contributed by atoms with Crippen molar-refractivity contribution >= 4 is 23.5 Å². The first-order valence-corrected chi connectivity index (χ1v) is 7.39. The first-order valence-electron chi connectivity index (χ1n) is 7.01.